The standard InChI is InChI=1S/C26H30N4O3S/c1-4-18-9-6-7-10-21(18)29-25(32)28-20-13-11-19(12-14-20)23-22(24(31)33-5-2)17(3)27-26-30(23)15-8-16-34-26/h6-7,9-14,23H,4-5,8,15-16H2,1-3H3,(H2,28,29,32). The van der Waals surface area contributed by atoms with Crippen LogP contribution in [0.2, 0.25) is 0 Å². The van der Waals surface area contributed by atoms with Gasteiger partial charge in [-0.1, -0.05) is 49.0 Å². The molecular formula is C26H30N4O3S. The maximum atomic E-state index is 12.9. The van der Waals surface area contributed by atoms with Crippen LogP contribution in [0.1, 0.15) is 44.4 Å². The van der Waals surface area contributed by atoms with Crippen LogP contribution in [0.25, 0.3) is 0 Å². The Morgan fingerprint density at radius 2 is 1.88 bits per heavy atom. The zero-order chi connectivity index (χ0) is 24.1. The van der Waals surface area contributed by atoms with E-state index in [2.05, 4.69) is 22.5 Å². The highest BCUT2D eigenvalue weighted by Crippen LogP contribution is 2.40. The number of para-hydroxylation sites is 1. The highest BCUT2D eigenvalue weighted by atomic mass is 32.2. The topological polar surface area (TPSA) is 83.0 Å². The molecule has 2 aromatic carbocycles. The second kappa shape index (κ2) is 10.8. The second-order valence-corrected chi connectivity index (χ2v) is 9.19. The van der Waals surface area contributed by atoms with E-state index in [9.17, 15) is 9.59 Å². The number of rotatable bonds is 6. The fraction of sp³-hybridized carbons (Fsp3) is 0.346. The molecule has 0 spiro atoms. The molecule has 1 unspecified atom stereocenters. The molecule has 2 aliphatic rings. The maximum Gasteiger partial charge on any atom is 0.338 e. The Morgan fingerprint density at radius 1 is 1.12 bits per heavy atom. The van der Waals surface area contributed by atoms with Crippen LogP contribution in [0.4, 0.5) is 16.2 Å². The van der Waals surface area contributed by atoms with Gasteiger partial charge in [0.1, 0.15) is 0 Å². The number of carbonyl (C=O) groups is 2. The van der Waals surface area contributed by atoms with Gasteiger partial charge in [0.25, 0.3) is 0 Å². The van der Waals surface area contributed by atoms with Crippen molar-refractivity contribution in [1.29, 1.82) is 0 Å². The highest BCUT2D eigenvalue weighted by Gasteiger charge is 2.37. The van der Waals surface area contributed by atoms with Gasteiger partial charge in [-0.05, 0) is 56.0 Å². The average molecular weight is 479 g/mol. The Bertz CT molecular complexity index is 1130. The number of hydrogen-bond donors (Lipinski definition) is 2. The first-order valence-electron chi connectivity index (χ1n) is 11.6. The van der Waals surface area contributed by atoms with Gasteiger partial charge in [-0.2, -0.15) is 0 Å². The summed E-state index contributed by atoms with van der Waals surface area (Å²) in [5.74, 6) is 0.683. The number of thioether (sulfide) groups is 1. The Labute approximate surface area is 204 Å². The fourth-order valence-electron chi connectivity index (χ4n) is 4.27. The van der Waals surface area contributed by atoms with E-state index in [0.717, 1.165) is 47.1 Å². The lowest BCUT2D eigenvalue weighted by atomic mass is 9.94. The van der Waals surface area contributed by atoms with Gasteiger partial charge >= 0.3 is 12.0 Å². The molecule has 34 heavy (non-hydrogen) atoms. The van der Waals surface area contributed by atoms with E-state index in [1.807, 2.05) is 62.4 Å². The van der Waals surface area contributed by atoms with Crippen LogP contribution in [-0.2, 0) is 16.0 Å². The monoisotopic (exact) mass is 478 g/mol. The van der Waals surface area contributed by atoms with Crippen molar-refractivity contribution < 1.29 is 14.3 Å². The molecule has 0 bridgehead atoms. The first-order valence-corrected chi connectivity index (χ1v) is 12.6. The average Bonchev–Trinajstić information content (AvgIpc) is 2.84. The van der Waals surface area contributed by atoms with Gasteiger partial charge < -0.3 is 20.3 Å². The van der Waals surface area contributed by atoms with Crippen molar-refractivity contribution in [1.82, 2.24) is 4.90 Å². The zero-order valence-electron chi connectivity index (χ0n) is 19.8. The van der Waals surface area contributed by atoms with Crippen LogP contribution in [0, 0.1) is 0 Å². The quantitative estimate of drug-likeness (QED) is 0.530. The lowest BCUT2D eigenvalue weighted by Gasteiger charge is -2.40. The van der Waals surface area contributed by atoms with E-state index in [1.54, 1.807) is 11.8 Å². The number of benzene rings is 2. The Kier molecular flexibility index (Phi) is 7.57. The Morgan fingerprint density at radius 3 is 2.62 bits per heavy atom. The number of nitrogens with zero attached hydrogens (tertiary/aromatic N) is 2. The summed E-state index contributed by atoms with van der Waals surface area (Å²) >= 11 is 1.72. The fourth-order valence-corrected chi connectivity index (χ4v) is 5.29. The first-order chi connectivity index (χ1) is 16.5. The van der Waals surface area contributed by atoms with Crippen molar-refractivity contribution in [3.8, 4) is 0 Å². The summed E-state index contributed by atoms with van der Waals surface area (Å²) in [5, 5.41) is 6.76. The molecule has 0 saturated carbocycles. The summed E-state index contributed by atoms with van der Waals surface area (Å²) in [6.45, 7) is 6.87. The van der Waals surface area contributed by atoms with Crippen LogP contribution >= 0.6 is 11.8 Å². The van der Waals surface area contributed by atoms with Gasteiger partial charge in [-0.15, -0.1) is 0 Å². The molecule has 7 nitrogen and oxygen atoms in total. The molecule has 2 heterocycles. The van der Waals surface area contributed by atoms with E-state index in [0.29, 0.717) is 23.6 Å². The summed E-state index contributed by atoms with van der Waals surface area (Å²) in [5.41, 5.74) is 4.78. The molecule has 0 radical (unpaired) electrons. The van der Waals surface area contributed by atoms with Crippen LogP contribution in [0.3, 0.4) is 0 Å². The van der Waals surface area contributed by atoms with Gasteiger partial charge in [0, 0.05) is 23.7 Å². The number of urea groups is 1. The number of amides is 2. The number of allylic oxidation sites excluding steroid dienone is 1. The Hall–Kier alpha value is -3.26. The zero-order valence-corrected chi connectivity index (χ0v) is 20.6. The van der Waals surface area contributed by atoms with Crippen molar-refractivity contribution in [3.63, 3.8) is 0 Å². The number of esters is 1. The van der Waals surface area contributed by atoms with E-state index >= 15 is 0 Å². The molecule has 8 heteroatoms. The molecule has 1 fully saturated rings. The van der Waals surface area contributed by atoms with Crippen LogP contribution < -0.4 is 10.6 Å². The number of anilines is 2. The number of aliphatic imine (C=N–C) groups is 1. The lowest BCUT2D eigenvalue weighted by Crippen LogP contribution is -2.42. The normalized spacial score (nSPS) is 17.6. The number of fused-ring (bicyclic) bond motifs is 1. The third-order valence-electron chi connectivity index (χ3n) is 5.88. The summed E-state index contributed by atoms with van der Waals surface area (Å²) in [6, 6.07) is 14.8. The van der Waals surface area contributed by atoms with Gasteiger partial charge in [-0.25, -0.2) is 14.6 Å². The highest BCUT2D eigenvalue weighted by molar-refractivity contribution is 8.13. The number of aryl methyl sites for hydroxylation is 1. The summed E-state index contributed by atoms with van der Waals surface area (Å²) < 4.78 is 5.37. The van der Waals surface area contributed by atoms with Crippen molar-refractivity contribution in [2.75, 3.05) is 29.5 Å². The van der Waals surface area contributed by atoms with E-state index in [4.69, 9.17) is 9.73 Å². The minimum atomic E-state index is -0.334. The number of nitrogens with one attached hydrogen (secondary N) is 2. The molecule has 2 amide bonds. The molecule has 0 aromatic heterocycles. The molecule has 0 aliphatic carbocycles. The number of hydrogen-bond acceptors (Lipinski definition) is 6. The Balaban J connectivity index is 1.55. The van der Waals surface area contributed by atoms with E-state index in [-0.39, 0.29) is 18.0 Å². The first kappa shape index (κ1) is 23.9. The number of amidine groups is 1. The van der Waals surface area contributed by atoms with Crippen LogP contribution in [0.5, 0.6) is 0 Å². The molecule has 2 aliphatic heterocycles. The third-order valence-corrected chi connectivity index (χ3v) is 6.96. The minimum Gasteiger partial charge on any atom is -0.463 e. The predicted molar refractivity (Wildman–Crippen MR) is 138 cm³/mol. The minimum absolute atomic E-state index is 0.265. The molecule has 2 aromatic rings. The smallest absolute Gasteiger partial charge is 0.338 e. The maximum absolute atomic E-state index is 12.9. The summed E-state index contributed by atoms with van der Waals surface area (Å²) in [6.07, 6.45) is 1.86. The van der Waals surface area contributed by atoms with Gasteiger partial charge in [0.05, 0.1) is 23.9 Å². The molecule has 4 rings (SSSR count). The van der Waals surface area contributed by atoms with Crippen LogP contribution in [-0.4, -0.2) is 41.0 Å². The van der Waals surface area contributed by atoms with Crippen molar-refractivity contribution in [3.05, 3.63) is 70.9 Å². The van der Waals surface area contributed by atoms with E-state index < -0.39 is 0 Å². The number of ether oxygens (including phenoxy) is 1. The molecule has 178 valence electrons. The number of carbonyl (C=O) groups excluding carboxylic acids is 2. The van der Waals surface area contributed by atoms with Crippen molar-refractivity contribution in [2.45, 2.75) is 39.7 Å². The molecular weight excluding hydrogens is 448 g/mol. The second-order valence-electron chi connectivity index (χ2n) is 8.12. The van der Waals surface area contributed by atoms with Crippen molar-refractivity contribution in [2.24, 2.45) is 4.99 Å². The summed E-state index contributed by atoms with van der Waals surface area (Å²) in [7, 11) is 0. The van der Waals surface area contributed by atoms with Crippen molar-refractivity contribution >= 4 is 40.3 Å². The van der Waals surface area contributed by atoms with Gasteiger partial charge in [0.15, 0.2) is 5.17 Å². The third kappa shape index (κ3) is 5.12. The molecule has 2 N–H and O–H groups in total. The van der Waals surface area contributed by atoms with Crippen LogP contribution in [0.15, 0.2) is 64.8 Å². The SMILES string of the molecule is CCOC(=O)C1=C(C)N=C2SCCCN2C1c1ccc(NC(=O)Nc2ccccc2CC)cc1. The molecule has 1 saturated heterocycles. The van der Waals surface area contributed by atoms with E-state index in [1.165, 1.54) is 0 Å². The largest absolute Gasteiger partial charge is 0.463 e. The predicted octanol–water partition coefficient (Wildman–Crippen LogP) is 5.58. The lowest BCUT2D eigenvalue weighted by molar-refractivity contribution is -0.139. The molecule has 1 atom stereocenters. The van der Waals surface area contributed by atoms with Gasteiger partial charge in [-0.3, -0.25) is 0 Å². The summed E-state index contributed by atoms with van der Waals surface area (Å²) in [4.78, 5) is 32.3. The van der Waals surface area contributed by atoms with Gasteiger partial charge in [0.2, 0.25) is 0 Å².